The van der Waals surface area contributed by atoms with Crippen LogP contribution in [0.2, 0.25) is 5.02 Å². The van der Waals surface area contributed by atoms with Crippen LogP contribution in [0.1, 0.15) is 30.6 Å². The van der Waals surface area contributed by atoms with Crippen molar-refractivity contribution in [2.45, 2.75) is 32.5 Å². The Morgan fingerprint density at radius 3 is 2.20 bits per heavy atom. The zero-order valence-corrected chi connectivity index (χ0v) is 12.3. The van der Waals surface area contributed by atoms with Crippen LogP contribution < -0.4 is 0 Å². The van der Waals surface area contributed by atoms with Gasteiger partial charge in [-0.1, -0.05) is 11.6 Å². The quantitative estimate of drug-likeness (QED) is 0.779. The van der Waals surface area contributed by atoms with Gasteiger partial charge in [0.2, 0.25) is 0 Å². The average molecular weight is 301 g/mol. The predicted octanol–water partition coefficient (Wildman–Crippen LogP) is 3.45. The first-order valence-electron chi connectivity index (χ1n) is 6.13. The van der Waals surface area contributed by atoms with Crippen LogP contribution in [0.5, 0.6) is 0 Å². The van der Waals surface area contributed by atoms with Crippen molar-refractivity contribution in [1.29, 1.82) is 0 Å². The molecular weight excluding hydrogens is 284 g/mol. The fourth-order valence-electron chi connectivity index (χ4n) is 1.61. The molecule has 1 aromatic rings. The molecule has 1 rings (SSSR count). The first-order chi connectivity index (χ1) is 9.42. The number of carbonyl (C=O) groups is 2. The number of methoxy groups -OCH3 is 1. The standard InChI is InChI=1S/C14H17ClO5/c1-9(8-10(2)20-14(17)18-3)19-13(16)11-4-6-12(15)7-5-11/h4-7,9-10H,8H2,1-3H3. The molecule has 2 atom stereocenters. The minimum Gasteiger partial charge on any atom is -0.459 e. The first kappa shape index (κ1) is 16.3. The summed E-state index contributed by atoms with van der Waals surface area (Å²) in [6.07, 6.45) is -1.17. The molecule has 5 nitrogen and oxygen atoms in total. The second-order valence-corrected chi connectivity index (χ2v) is 4.78. The molecule has 0 spiro atoms. The molecule has 110 valence electrons. The molecule has 2 unspecified atom stereocenters. The summed E-state index contributed by atoms with van der Waals surface area (Å²) >= 11 is 5.74. The summed E-state index contributed by atoms with van der Waals surface area (Å²) in [6.45, 7) is 3.43. The van der Waals surface area contributed by atoms with Crippen LogP contribution in [0.3, 0.4) is 0 Å². The number of esters is 1. The molecular formula is C14H17ClO5. The fourth-order valence-corrected chi connectivity index (χ4v) is 1.74. The van der Waals surface area contributed by atoms with Gasteiger partial charge in [0.1, 0.15) is 12.2 Å². The Hall–Kier alpha value is -1.75. The van der Waals surface area contributed by atoms with Gasteiger partial charge in [-0.05, 0) is 38.1 Å². The maximum absolute atomic E-state index is 11.8. The maximum Gasteiger partial charge on any atom is 0.508 e. The SMILES string of the molecule is COC(=O)OC(C)CC(C)OC(=O)c1ccc(Cl)cc1. The van der Waals surface area contributed by atoms with Crippen LogP contribution in [-0.2, 0) is 14.2 Å². The van der Waals surface area contributed by atoms with Crippen LogP contribution in [0.25, 0.3) is 0 Å². The molecule has 0 amide bonds. The van der Waals surface area contributed by atoms with Gasteiger partial charge in [0.15, 0.2) is 0 Å². The van der Waals surface area contributed by atoms with Gasteiger partial charge in [0, 0.05) is 11.4 Å². The lowest BCUT2D eigenvalue weighted by Crippen LogP contribution is -2.23. The summed E-state index contributed by atoms with van der Waals surface area (Å²) in [4.78, 5) is 22.7. The third-order valence-corrected chi connectivity index (χ3v) is 2.77. The number of rotatable bonds is 5. The van der Waals surface area contributed by atoms with E-state index in [2.05, 4.69) is 4.74 Å². The van der Waals surface area contributed by atoms with Crippen LogP contribution in [-0.4, -0.2) is 31.4 Å². The Morgan fingerprint density at radius 1 is 1.10 bits per heavy atom. The van der Waals surface area contributed by atoms with Crippen LogP contribution in [0, 0.1) is 0 Å². The summed E-state index contributed by atoms with van der Waals surface area (Å²) in [6, 6.07) is 6.41. The Morgan fingerprint density at radius 2 is 1.65 bits per heavy atom. The van der Waals surface area contributed by atoms with E-state index in [1.54, 1.807) is 38.1 Å². The van der Waals surface area contributed by atoms with E-state index in [4.69, 9.17) is 21.1 Å². The molecule has 0 bridgehead atoms. The van der Waals surface area contributed by atoms with Crippen molar-refractivity contribution < 1.29 is 23.8 Å². The molecule has 0 radical (unpaired) electrons. The van der Waals surface area contributed by atoms with Crippen LogP contribution in [0.4, 0.5) is 4.79 Å². The topological polar surface area (TPSA) is 61.8 Å². The van der Waals surface area contributed by atoms with E-state index in [0.29, 0.717) is 17.0 Å². The Labute approximate surface area is 122 Å². The van der Waals surface area contributed by atoms with Crippen molar-refractivity contribution in [3.8, 4) is 0 Å². The number of carbonyl (C=O) groups excluding carboxylic acids is 2. The molecule has 20 heavy (non-hydrogen) atoms. The van der Waals surface area contributed by atoms with Gasteiger partial charge in [0.05, 0.1) is 12.7 Å². The number of ether oxygens (including phenoxy) is 3. The highest BCUT2D eigenvalue weighted by molar-refractivity contribution is 6.30. The van der Waals surface area contributed by atoms with Gasteiger partial charge < -0.3 is 14.2 Å². The minimum atomic E-state index is -0.756. The molecule has 1 aromatic carbocycles. The van der Waals surface area contributed by atoms with E-state index >= 15 is 0 Å². The highest BCUT2D eigenvalue weighted by Crippen LogP contribution is 2.13. The normalized spacial score (nSPS) is 13.2. The number of hydrogen-bond donors (Lipinski definition) is 0. The summed E-state index contributed by atoms with van der Waals surface area (Å²) in [5, 5.41) is 0.551. The van der Waals surface area contributed by atoms with Crippen LogP contribution >= 0.6 is 11.6 Å². The molecule has 0 N–H and O–H groups in total. The zero-order valence-electron chi connectivity index (χ0n) is 11.6. The van der Waals surface area contributed by atoms with Gasteiger partial charge >= 0.3 is 12.1 Å². The third kappa shape index (κ3) is 5.48. The highest BCUT2D eigenvalue weighted by atomic mass is 35.5. The van der Waals surface area contributed by atoms with Gasteiger partial charge in [0.25, 0.3) is 0 Å². The van der Waals surface area contributed by atoms with Gasteiger partial charge in [-0.2, -0.15) is 0 Å². The molecule has 0 aliphatic heterocycles. The van der Waals surface area contributed by atoms with Crippen molar-refractivity contribution in [2.24, 2.45) is 0 Å². The van der Waals surface area contributed by atoms with E-state index in [1.807, 2.05) is 0 Å². The minimum absolute atomic E-state index is 0.383. The van der Waals surface area contributed by atoms with Gasteiger partial charge in [-0.15, -0.1) is 0 Å². The second kappa shape index (κ2) is 7.75. The smallest absolute Gasteiger partial charge is 0.459 e. The lowest BCUT2D eigenvalue weighted by molar-refractivity contribution is 0.00601. The van der Waals surface area contributed by atoms with Crippen LogP contribution in [0.15, 0.2) is 24.3 Å². The summed E-state index contributed by atoms with van der Waals surface area (Å²) < 4.78 is 14.5. The van der Waals surface area contributed by atoms with Gasteiger partial charge in [-0.25, -0.2) is 9.59 Å². The van der Waals surface area contributed by atoms with E-state index < -0.39 is 24.3 Å². The molecule has 0 heterocycles. The summed E-state index contributed by atoms with van der Waals surface area (Å²) in [7, 11) is 1.24. The number of hydrogen-bond acceptors (Lipinski definition) is 5. The molecule has 0 aromatic heterocycles. The van der Waals surface area contributed by atoms with E-state index in [-0.39, 0.29) is 0 Å². The monoisotopic (exact) mass is 300 g/mol. The zero-order chi connectivity index (χ0) is 15.1. The highest BCUT2D eigenvalue weighted by Gasteiger charge is 2.17. The third-order valence-electron chi connectivity index (χ3n) is 2.52. The number of halogens is 1. The number of benzene rings is 1. The molecule has 0 aliphatic rings. The average Bonchev–Trinajstić information content (AvgIpc) is 2.38. The largest absolute Gasteiger partial charge is 0.508 e. The molecule has 0 fully saturated rings. The van der Waals surface area contributed by atoms with E-state index in [1.165, 1.54) is 7.11 Å². The Bertz CT molecular complexity index is 457. The molecule has 6 heteroatoms. The lowest BCUT2D eigenvalue weighted by atomic mass is 10.2. The Balaban J connectivity index is 2.45. The van der Waals surface area contributed by atoms with E-state index in [0.717, 1.165) is 0 Å². The van der Waals surface area contributed by atoms with Crippen molar-refractivity contribution in [2.75, 3.05) is 7.11 Å². The van der Waals surface area contributed by atoms with E-state index in [9.17, 15) is 9.59 Å². The molecule has 0 aliphatic carbocycles. The van der Waals surface area contributed by atoms with Crippen molar-refractivity contribution in [3.63, 3.8) is 0 Å². The summed E-state index contributed by atoms with van der Waals surface area (Å²) in [5.41, 5.74) is 0.419. The maximum atomic E-state index is 11.8. The molecule has 0 saturated heterocycles. The van der Waals surface area contributed by atoms with Crippen molar-refractivity contribution in [3.05, 3.63) is 34.9 Å². The lowest BCUT2D eigenvalue weighted by Gasteiger charge is -2.17. The second-order valence-electron chi connectivity index (χ2n) is 4.34. The first-order valence-corrected chi connectivity index (χ1v) is 6.51. The predicted molar refractivity (Wildman–Crippen MR) is 73.9 cm³/mol. The summed E-state index contributed by atoms with van der Waals surface area (Å²) in [5.74, 6) is -0.445. The molecule has 0 saturated carbocycles. The van der Waals surface area contributed by atoms with Gasteiger partial charge in [-0.3, -0.25) is 0 Å². The Kier molecular flexibility index (Phi) is 6.31. The van der Waals surface area contributed by atoms with Crippen molar-refractivity contribution in [1.82, 2.24) is 0 Å². The fraction of sp³-hybridized carbons (Fsp3) is 0.429. The van der Waals surface area contributed by atoms with Crippen molar-refractivity contribution >= 4 is 23.7 Å².